The summed E-state index contributed by atoms with van der Waals surface area (Å²) in [5, 5.41) is 0. The minimum absolute atomic E-state index is 0.0435. The Bertz CT molecular complexity index is 426. The van der Waals surface area contributed by atoms with Crippen LogP contribution in [0.4, 0.5) is 0 Å². The SMILES string of the molecule is CC(C)CCCOCC(COP(=O)([O-])OCC[N+](C)(C)C)OC(C)C.CCCOC. The minimum Gasteiger partial charge on any atom is -0.756 e. The molecule has 0 aliphatic carbocycles. The number of phosphoric acid groups is 1. The lowest BCUT2D eigenvalue weighted by Crippen LogP contribution is -2.37. The molecular weight excluding hydrogens is 409 g/mol. The molecule has 184 valence electrons. The molecule has 0 N–H and O–H groups in total. The molecule has 0 spiro atoms. The summed E-state index contributed by atoms with van der Waals surface area (Å²) < 4.78 is 38.3. The van der Waals surface area contributed by atoms with Crippen molar-refractivity contribution in [1.29, 1.82) is 0 Å². The summed E-state index contributed by atoms with van der Waals surface area (Å²) in [5.41, 5.74) is 0. The van der Waals surface area contributed by atoms with E-state index >= 15 is 0 Å². The lowest BCUT2D eigenvalue weighted by molar-refractivity contribution is -0.870. The molecule has 0 saturated heterocycles. The standard InChI is InChI=1S/C17H38NO6P.C4H10O/c1-15(2)9-8-11-21-13-17(24-16(3)4)14-23-25(19,20)22-12-10-18(5,6)7;1-3-4-5-2/h15-17H,8-14H2,1-7H3;3-4H2,1-2H3. The van der Waals surface area contributed by atoms with Crippen LogP contribution in [0, 0.1) is 5.92 Å². The largest absolute Gasteiger partial charge is 0.756 e. The van der Waals surface area contributed by atoms with Gasteiger partial charge in [-0.2, -0.15) is 0 Å². The van der Waals surface area contributed by atoms with E-state index < -0.39 is 13.9 Å². The lowest BCUT2D eigenvalue weighted by Gasteiger charge is -2.28. The van der Waals surface area contributed by atoms with Gasteiger partial charge in [0.15, 0.2) is 0 Å². The highest BCUT2D eigenvalue weighted by Crippen LogP contribution is 2.38. The number of methoxy groups -OCH3 is 1. The average Bonchev–Trinajstić information content (AvgIpc) is 2.58. The van der Waals surface area contributed by atoms with Crippen molar-refractivity contribution < 1.29 is 37.2 Å². The van der Waals surface area contributed by atoms with Crippen molar-refractivity contribution in [1.82, 2.24) is 0 Å². The molecule has 0 amide bonds. The van der Waals surface area contributed by atoms with Gasteiger partial charge in [-0.15, -0.1) is 0 Å². The molecular formula is C21H48NO7P. The minimum atomic E-state index is -4.33. The Morgan fingerprint density at radius 2 is 1.60 bits per heavy atom. The zero-order valence-corrected chi connectivity index (χ0v) is 21.7. The summed E-state index contributed by atoms with van der Waals surface area (Å²) in [5.74, 6) is 0.643. The fraction of sp³-hybridized carbons (Fsp3) is 1.00. The van der Waals surface area contributed by atoms with E-state index in [1.54, 1.807) is 7.11 Å². The van der Waals surface area contributed by atoms with Gasteiger partial charge in [0.05, 0.1) is 40.5 Å². The van der Waals surface area contributed by atoms with Gasteiger partial charge >= 0.3 is 0 Å². The fourth-order valence-electron chi connectivity index (χ4n) is 2.16. The molecule has 0 aliphatic heterocycles. The van der Waals surface area contributed by atoms with Crippen LogP contribution in [0.3, 0.4) is 0 Å². The lowest BCUT2D eigenvalue weighted by atomic mass is 10.1. The Hall–Kier alpha value is -0.0500. The first-order chi connectivity index (χ1) is 13.8. The van der Waals surface area contributed by atoms with Gasteiger partial charge in [0.25, 0.3) is 7.82 Å². The van der Waals surface area contributed by atoms with Crippen LogP contribution in [0.2, 0.25) is 0 Å². The summed E-state index contributed by atoms with van der Waals surface area (Å²) in [4.78, 5) is 11.8. The highest BCUT2D eigenvalue weighted by molar-refractivity contribution is 7.45. The molecule has 0 aromatic rings. The maximum Gasteiger partial charge on any atom is 0.268 e. The summed E-state index contributed by atoms with van der Waals surface area (Å²) in [6.45, 7) is 12.6. The van der Waals surface area contributed by atoms with Crippen molar-refractivity contribution in [2.75, 3.05) is 67.8 Å². The first-order valence-electron chi connectivity index (χ1n) is 11.0. The number of quaternary nitrogens is 1. The van der Waals surface area contributed by atoms with Gasteiger partial charge in [0.1, 0.15) is 19.3 Å². The van der Waals surface area contributed by atoms with Crippen LogP contribution in [0.25, 0.3) is 0 Å². The van der Waals surface area contributed by atoms with E-state index in [0.717, 1.165) is 25.9 Å². The maximum atomic E-state index is 11.8. The summed E-state index contributed by atoms with van der Waals surface area (Å²) in [7, 11) is 3.27. The Kier molecular flexibility index (Phi) is 19.8. The average molecular weight is 458 g/mol. The Morgan fingerprint density at radius 3 is 2.03 bits per heavy atom. The molecule has 2 atom stereocenters. The summed E-state index contributed by atoms with van der Waals surface area (Å²) in [6, 6.07) is 0. The van der Waals surface area contributed by atoms with Crippen molar-refractivity contribution in [3.63, 3.8) is 0 Å². The van der Waals surface area contributed by atoms with Gasteiger partial charge in [-0.3, -0.25) is 4.57 Å². The van der Waals surface area contributed by atoms with Crippen LogP contribution in [-0.2, 0) is 27.8 Å². The van der Waals surface area contributed by atoms with Crippen molar-refractivity contribution in [3.05, 3.63) is 0 Å². The second-order valence-electron chi connectivity index (χ2n) is 9.00. The molecule has 0 saturated carbocycles. The molecule has 0 radical (unpaired) electrons. The molecule has 0 aliphatic rings. The molecule has 0 bridgehead atoms. The Labute approximate surface area is 185 Å². The summed E-state index contributed by atoms with van der Waals surface area (Å²) in [6.07, 6.45) is 2.71. The van der Waals surface area contributed by atoms with Crippen molar-refractivity contribution in [2.24, 2.45) is 5.92 Å². The monoisotopic (exact) mass is 457 g/mol. The Balaban J connectivity index is 0. The smallest absolute Gasteiger partial charge is 0.268 e. The number of hydrogen-bond donors (Lipinski definition) is 0. The van der Waals surface area contributed by atoms with Gasteiger partial charge in [-0.1, -0.05) is 20.8 Å². The number of phosphoric ester groups is 1. The van der Waals surface area contributed by atoms with Gasteiger partial charge in [-0.05, 0) is 39.0 Å². The normalized spacial score (nSPS) is 15.1. The number of rotatable bonds is 17. The van der Waals surface area contributed by atoms with Crippen LogP contribution in [0.15, 0.2) is 0 Å². The number of likely N-dealkylation sites (N-methyl/N-ethyl adjacent to an activating group) is 1. The number of ether oxygens (including phenoxy) is 3. The topological polar surface area (TPSA) is 86.3 Å². The van der Waals surface area contributed by atoms with Gasteiger partial charge in [0, 0.05) is 20.3 Å². The van der Waals surface area contributed by atoms with Crippen molar-refractivity contribution in [3.8, 4) is 0 Å². The first-order valence-corrected chi connectivity index (χ1v) is 12.4. The van der Waals surface area contributed by atoms with Crippen LogP contribution in [0.1, 0.15) is 53.9 Å². The molecule has 0 rings (SSSR count). The summed E-state index contributed by atoms with van der Waals surface area (Å²) >= 11 is 0. The maximum absolute atomic E-state index is 11.8. The second kappa shape index (κ2) is 18.5. The zero-order chi connectivity index (χ0) is 23.6. The Morgan fingerprint density at radius 1 is 0.967 bits per heavy atom. The van der Waals surface area contributed by atoms with Crippen molar-refractivity contribution in [2.45, 2.75) is 66.1 Å². The van der Waals surface area contributed by atoms with E-state index in [2.05, 4.69) is 20.8 Å². The van der Waals surface area contributed by atoms with Gasteiger partial charge in [0.2, 0.25) is 0 Å². The van der Waals surface area contributed by atoms with Gasteiger partial charge < -0.3 is 32.6 Å². The molecule has 0 heterocycles. The fourth-order valence-corrected chi connectivity index (χ4v) is 2.89. The predicted octanol–water partition coefficient (Wildman–Crippen LogP) is 3.48. The molecule has 9 heteroatoms. The van der Waals surface area contributed by atoms with E-state index in [-0.39, 0.29) is 19.3 Å². The van der Waals surface area contributed by atoms with Crippen LogP contribution in [0.5, 0.6) is 0 Å². The molecule has 2 unspecified atom stereocenters. The van der Waals surface area contributed by atoms with Crippen molar-refractivity contribution >= 4 is 7.82 Å². The molecule has 0 aromatic heterocycles. The highest BCUT2D eigenvalue weighted by Gasteiger charge is 2.18. The van der Waals surface area contributed by atoms with E-state index in [1.807, 2.05) is 35.0 Å². The molecule has 8 nitrogen and oxygen atoms in total. The van der Waals surface area contributed by atoms with E-state index in [0.29, 0.717) is 30.2 Å². The van der Waals surface area contributed by atoms with Crippen LogP contribution < -0.4 is 4.89 Å². The van der Waals surface area contributed by atoms with E-state index in [1.165, 1.54) is 0 Å². The quantitative estimate of drug-likeness (QED) is 0.188. The second-order valence-corrected chi connectivity index (χ2v) is 10.4. The first kappa shape index (κ1) is 32.1. The van der Waals surface area contributed by atoms with E-state index in [4.69, 9.17) is 23.3 Å². The van der Waals surface area contributed by atoms with Crippen LogP contribution in [-0.4, -0.2) is 84.5 Å². The third-order valence-electron chi connectivity index (χ3n) is 3.68. The van der Waals surface area contributed by atoms with Crippen LogP contribution >= 0.6 is 7.82 Å². The highest BCUT2D eigenvalue weighted by atomic mass is 31.2. The third kappa shape index (κ3) is 26.0. The molecule has 0 aromatic carbocycles. The zero-order valence-electron chi connectivity index (χ0n) is 20.8. The van der Waals surface area contributed by atoms with Gasteiger partial charge in [-0.25, -0.2) is 0 Å². The number of nitrogens with zero attached hydrogens (tertiary/aromatic N) is 1. The third-order valence-corrected chi connectivity index (χ3v) is 4.64. The molecule has 0 fully saturated rings. The predicted molar refractivity (Wildman–Crippen MR) is 119 cm³/mol. The van der Waals surface area contributed by atoms with E-state index in [9.17, 15) is 9.46 Å². The molecule has 30 heavy (non-hydrogen) atoms. The number of hydrogen-bond acceptors (Lipinski definition) is 7.